The number of hydrogen-bond donors (Lipinski definition) is 1. The summed E-state index contributed by atoms with van der Waals surface area (Å²) in [6, 6.07) is 12.6. The van der Waals surface area contributed by atoms with Gasteiger partial charge in [-0.3, -0.25) is 9.78 Å². The number of hydrogen-bond acceptors (Lipinski definition) is 9. The summed E-state index contributed by atoms with van der Waals surface area (Å²) < 4.78 is 18.0. The second-order valence-corrected chi connectivity index (χ2v) is 14.1. The zero-order valence-electron chi connectivity index (χ0n) is 27.0. The van der Waals surface area contributed by atoms with Gasteiger partial charge in [-0.2, -0.15) is 4.68 Å². The van der Waals surface area contributed by atoms with Crippen molar-refractivity contribution in [3.8, 4) is 5.75 Å². The Morgan fingerprint density at radius 1 is 1.00 bits per heavy atom. The summed E-state index contributed by atoms with van der Waals surface area (Å²) in [5.41, 5.74) is 1.22. The van der Waals surface area contributed by atoms with Crippen molar-refractivity contribution in [1.82, 2.24) is 14.8 Å². The van der Waals surface area contributed by atoms with Gasteiger partial charge in [-0.1, -0.05) is 17.7 Å². The van der Waals surface area contributed by atoms with Crippen molar-refractivity contribution in [1.29, 1.82) is 0 Å². The predicted octanol–water partition coefficient (Wildman–Crippen LogP) is 7.64. The highest BCUT2D eigenvalue weighted by atomic mass is 35.5. The normalized spacial score (nSPS) is 18.9. The first kappa shape index (κ1) is 31.3. The van der Waals surface area contributed by atoms with Crippen LogP contribution < -0.4 is 15.0 Å². The van der Waals surface area contributed by atoms with E-state index in [0.717, 1.165) is 16.2 Å². The Hall–Kier alpha value is -4.64. The number of aromatic nitrogens is 3. The minimum absolute atomic E-state index is 0.293. The van der Waals surface area contributed by atoms with Crippen molar-refractivity contribution in [2.75, 3.05) is 17.3 Å². The van der Waals surface area contributed by atoms with Crippen LogP contribution in [0.25, 0.3) is 10.9 Å². The number of fused-ring (bicyclic) bond motifs is 3. The van der Waals surface area contributed by atoms with E-state index in [0.29, 0.717) is 50.9 Å². The number of aryl methyl sites for hydroxylation is 1. The topological polar surface area (TPSA) is 125 Å². The quantitative estimate of drug-likeness (QED) is 0.238. The average molecular weight is 646 g/mol. The van der Waals surface area contributed by atoms with E-state index in [1.54, 1.807) is 73.0 Å². The van der Waals surface area contributed by atoms with Crippen LogP contribution in [0.5, 0.6) is 5.75 Å². The molecule has 0 unspecified atom stereocenters. The molecule has 240 valence electrons. The zero-order chi connectivity index (χ0) is 33.3. The highest BCUT2D eigenvalue weighted by Crippen LogP contribution is 2.67. The molecule has 12 heteroatoms. The standard InChI is InChI=1S/C34H36ClN5O6/c1-18-13-25(24(35)17-36-18)37-28-21-11-9-19(14-27(21)40(38-28)31(43)46-33(5,6)7)23-16-34(23)22-15-20(44-8)10-12-26(22)39(29(34)41)30(42)45-32(2,3)4/h9-15,17,23H,16H2,1-8H3,(H,36,37,38)/t23-,34-/m0/s1. The van der Waals surface area contributed by atoms with Crippen LogP contribution in [-0.4, -0.2) is 51.2 Å². The second kappa shape index (κ2) is 10.7. The fraction of sp³-hybridized carbons (Fsp3) is 0.382. The molecule has 3 heterocycles. The van der Waals surface area contributed by atoms with E-state index in [2.05, 4.69) is 15.4 Å². The van der Waals surface area contributed by atoms with Crippen molar-refractivity contribution in [2.24, 2.45) is 0 Å². The minimum atomic E-state index is -1.01. The van der Waals surface area contributed by atoms with Gasteiger partial charge in [0.2, 0.25) is 5.91 Å². The molecule has 6 rings (SSSR count). The Kier molecular flexibility index (Phi) is 7.31. The number of carbonyl (C=O) groups excluding carboxylic acids is 3. The lowest BCUT2D eigenvalue weighted by Crippen LogP contribution is -2.41. The number of anilines is 3. The van der Waals surface area contributed by atoms with Crippen LogP contribution >= 0.6 is 11.6 Å². The van der Waals surface area contributed by atoms with Crippen LogP contribution in [0.3, 0.4) is 0 Å². The summed E-state index contributed by atoms with van der Waals surface area (Å²) in [5, 5.41) is 8.87. The van der Waals surface area contributed by atoms with Crippen LogP contribution in [0.4, 0.5) is 26.8 Å². The Morgan fingerprint density at radius 3 is 2.37 bits per heavy atom. The molecule has 1 N–H and O–H groups in total. The van der Waals surface area contributed by atoms with Crippen LogP contribution in [0, 0.1) is 6.92 Å². The Bertz CT molecular complexity index is 1920. The molecule has 0 radical (unpaired) electrons. The van der Waals surface area contributed by atoms with Gasteiger partial charge in [-0.25, -0.2) is 14.5 Å². The van der Waals surface area contributed by atoms with E-state index >= 15 is 0 Å². The van der Waals surface area contributed by atoms with Crippen molar-refractivity contribution < 1.29 is 28.6 Å². The number of methoxy groups -OCH3 is 1. The molecule has 2 aliphatic rings. The number of imide groups is 1. The maximum absolute atomic E-state index is 14.2. The maximum Gasteiger partial charge on any atom is 0.435 e. The molecule has 1 aliphatic heterocycles. The van der Waals surface area contributed by atoms with Gasteiger partial charge in [-0.05, 0) is 102 Å². The number of halogens is 1. The highest BCUT2D eigenvalue weighted by molar-refractivity contribution is 6.33. The summed E-state index contributed by atoms with van der Waals surface area (Å²) in [4.78, 5) is 46.3. The fourth-order valence-electron chi connectivity index (χ4n) is 5.96. The fourth-order valence-corrected chi connectivity index (χ4v) is 6.11. The third-order valence-corrected chi connectivity index (χ3v) is 8.27. The monoisotopic (exact) mass is 645 g/mol. The van der Waals surface area contributed by atoms with Crippen LogP contribution in [0.1, 0.15) is 70.7 Å². The Morgan fingerprint density at radius 2 is 1.70 bits per heavy atom. The lowest BCUT2D eigenvalue weighted by atomic mass is 9.91. The summed E-state index contributed by atoms with van der Waals surface area (Å²) in [6.07, 6.45) is 0.607. The molecule has 2 aromatic carbocycles. The number of nitrogens with one attached hydrogen (secondary N) is 1. The van der Waals surface area contributed by atoms with Crippen LogP contribution in [-0.2, 0) is 19.7 Å². The summed E-state index contributed by atoms with van der Waals surface area (Å²) in [6.45, 7) is 12.5. The summed E-state index contributed by atoms with van der Waals surface area (Å²) >= 11 is 6.42. The Labute approximate surface area is 271 Å². The SMILES string of the molecule is COc1ccc2c(c1)[C@]1(C[C@H]1c1ccc3c(Nc4cc(C)ncc4Cl)nn(C(=O)OC(C)(C)C)c3c1)C(=O)N2C(=O)OC(C)(C)C. The lowest BCUT2D eigenvalue weighted by molar-refractivity contribution is -0.120. The van der Waals surface area contributed by atoms with Gasteiger partial charge in [0.25, 0.3) is 0 Å². The van der Waals surface area contributed by atoms with Crippen molar-refractivity contribution in [3.05, 3.63) is 70.5 Å². The first-order valence-corrected chi connectivity index (χ1v) is 15.3. The van der Waals surface area contributed by atoms with Crippen molar-refractivity contribution in [2.45, 2.75) is 77.4 Å². The first-order valence-electron chi connectivity index (χ1n) is 14.9. The molecule has 11 nitrogen and oxygen atoms in total. The smallest absolute Gasteiger partial charge is 0.435 e. The number of nitrogens with zero attached hydrogens (tertiary/aromatic N) is 4. The van der Waals surface area contributed by atoms with Gasteiger partial charge in [-0.15, -0.1) is 5.10 Å². The molecule has 1 aliphatic carbocycles. The number of amides is 2. The molecular formula is C34H36ClN5O6. The molecule has 1 saturated carbocycles. The largest absolute Gasteiger partial charge is 0.497 e. The number of benzene rings is 2. The van der Waals surface area contributed by atoms with Crippen molar-refractivity contribution >= 4 is 57.8 Å². The second-order valence-electron chi connectivity index (χ2n) is 13.7. The molecule has 1 spiro atoms. The van der Waals surface area contributed by atoms with Gasteiger partial charge >= 0.3 is 12.2 Å². The third-order valence-electron chi connectivity index (χ3n) is 7.97. The number of ether oxygens (including phenoxy) is 3. The van der Waals surface area contributed by atoms with E-state index in [1.165, 1.54) is 4.68 Å². The van der Waals surface area contributed by atoms with E-state index in [9.17, 15) is 14.4 Å². The predicted molar refractivity (Wildman–Crippen MR) is 174 cm³/mol. The first-order chi connectivity index (χ1) is 21.5. The van der Waals surface area contributed by atoms with Crippen LogP contribution in [0.15, 0.2) is 48.7 Å². The molecule has 46 heavy (non-hydrogen) atoms. The molecule has 0 saturated heterocycles. The van der Waals surface area contributed by atoms with Gasteiger partial charge in [0.15, 0.2) is 5.82 Å². The van der Waals surface area contributed by atoms with E-state index < -0.39 is 28.8 Å². The van der Waals surface area contributed by atoms with Crippen molar-refractivity contribution in [3.63, 3.8) is 0 Å². The van der Waals surface area contributed by atoms with Gasteiger partial charge < -0.3 is 19.5 Å². The molecular weight excluding hydrogens is 610 g/mol. The summed E-state index contributed by atoms with van der Waals surface area (Å²) in [7, 11) is 1.55. The molecule has 1 fully saturated rings. The highest BCUT2D eigenvalue weighted by Gasteiger charge is 2.68. The van der Waals surface area contributed by atoms with Gasteiger partial charge in [0.1, 0.15) is 17.0 Å². The zero-order valence-corrected chi connectivity index (χ0v) is 27.8. The Balaban J connectivity index is 1.44. The van der Waals surface area contributed by atoms with Gasteiger partial charge in [0.05, 0.1) is 34.4 Å². The molecule has 4 aromatic rings. The van der Waals surface area contributed by atoms with E-state index in [1.807, 2.05) is 31.2 Å². The molecule has 2 aromatic heterocycles. The minimum Gasteiger partial charge on any atom is -0.497 e. The number of carbonyl (C=O) groups is 3. The average Bonchev–Trinajstić information content (AvgIpc) is 3.54. The number of rotatable bonds is 4. The molecule has 2 atom stereocenters. The van der Waals surface area contributed by atoms with E-state index in [-0.39, 0.29) is 11.8 Å². The van der Waals surface area contributed by atoms with Gasteiger partial charge in [0, 0.05) is 23.2 Å². The molecule has 2 amide bonds. The van der Waals surface area contributed by atoms with E-state index in [4.69, 9.17) is 25.8 Å². The lowest BCUT2D eigenvalue weighted by Gasteiger charge is -2.24. The third kappa shape index (κ3) is 5.42. The molecule has 0 bridgehead atoms. The maximum atomic E-state index is 14.2. The van der Waals surface area contributed by atoms with Crippen LogP contribution in [0.2, 0.25) is 5.02 Å². The number of pyridine rings is 1. The summed E-state index contributed by atoms with van der Waals surface area (Å²) in [5.74, 6) is 0.314.